The third-order valence-electron chi connectivity index (χ3n) is 3.32. The van der Waals surface area contributed by atoms with Gasteiger partial charge in [-0.2, -0.15) is 0 Å². The number of ether oxygens (including phenoxy) is 1. The molecule has 0 aliphatic rings. The Hall–Kier alpha value is -1.92. The second-order valence-electron chi connectivity index (χ2n) is 4.72. The van der Waals surface area contributed by atoms with Crippen LogP contribution in [0.4, 0.5) is 5.13 Å². The average molecular weight is 305 g/mol. The van der Waals surface area contributed by atoms with Crippen LogP contribution in [0.15, 0.2) is 35.8 Å². The van der Waals surface area contributed by atoms with E-state index in [1.54, 1.807) is 13.3 Å². The predicted molar refractivity (Wildman–Crippen MR) is 84.8 cm³/mol. The molecule has 1 amide bonds. The molecule has 0 spiro atoms. The van der Waals surface area contributed by atoms with Crippen molar-refractivity contribution in [1.82, 2.24) is 9.88 Å². The fourth-order valence-corrected chi connectivity index (χ4v) is 2.60. The van der Waals surface area contributed by atoms with Gasteiger partial charge in [0.15, 0.2) is 5.13 Å². The summed E-state index contributed by atoms with van der Waals surface area (Å²) in [6.45, 7) is 2.34. The first-order valence-corrected chi connectivity index (χ1v) is 7.52. The molecule has 2 aromatic rings. The molecule has 1 heterocycles. The van der Waals surface area contributed by atoms with E-state index in [1.807, 2.05) is 41.6 Å². The van der Waals surface area contributed by atoms with Crippen molar-refractivity contribution in [2.24, 2.45) is 0 Å². The molecule has 6 heteroatoms. The molecule has 2 rings (SSSR count). The van der Waals surface area contributed by atoms with Gasteiger partial charge in [0.2, 0.25) is 5.91 Å². The van der Waals surface area contributed by atoms with E-state index in [2.05, 4.69) is 17.2 Å². The summed E-state index contributed by atoms with van der Waals surface area (Å²) in [5.41, 5.74) is 1.06. The molecule has 1 aromatic heterocycles. The van der Waals surface area contributed by atoms with Crippen molar-refractivity contribution < 1.29 is 9.53 Å². The molecule has 5 nitrogen and oxygen atoms in total. The van der Waals surface area contributed by atoms with Gasteiger partial charge in [-0.25, -0.2) is 4.98 Å². The number of likely N-dealkylation sites (N-methyl/N-ethyl adjacent to an activating group) is 1. The zero-order chi connectivity index (χ0) is 15.2. The lowest BCUT2D eigenvalue weighted by Crippen LogP contribution is -2.32. The van der Waals surface area contributed by atoms with Crippen molar-refractivity contribution >= 4 is 22.4 Å². The highest BCUT2D eigenvalue weighted by Gasteiger charge is 2.18. The lowest BCUT2D eigenvalue weighted by molar-refractivity contribution is -0.117. The van der Waals surface area contributed by atoms with E-state index in [-0.39, 0.29) is 11.9 Å². The molecule has 0 radical (unpaired) electrons. The van der Waals surface area contributed by atoms with Crippen molar-refractivity contribution in [3.8, 4) is 5.75 Å². The number of nitrogens with one attached hydrogen (secondary N) is 1. The summed E-state index contributed by atoms with van der Waals surface area (Å²) in [5, 5.41) is 5.24. The molecular formula is C15H19N3O2S. The van der Waals surface area contributed by atoms with Crippen LogP contribution in [-0.4, -0.2) is 36.5 Å². The molecule has 0 saturated carbocycles. The molecular weight excluding hydrogens is 286 g/mol. The number of methoxy groups -OCH3 is 1. The highest BCUT2D eigenvalue weighted by molar-refractivity contribution is 7.13. The number of benzene rings is 1. The molecule has 1 aromatic carbocycles. The maximum Gasteiger partial charge on any atom is 0.240 e. The van der Waals surface area contributed by atoms with E-state index in [1.165, 1.54) is 11.3 Å². The second-order valence-corrected chi connectivity index (χ2v) is 5.61. The smallest absolute Gasteiger partial charge is 0.240 e. The third-order valence-corrected chi connectivity index (χ3v) is 4.01. The van der Waals surface area contributed by atoms with Crippen molar-refractivity contribution in [3.63, 3.8) is 0 Å². The Morgan fingerprint density at radius 2 is 2.24 bits per heavy atom. The van der Waals surface area contributed by atoms with Crippen LogP contribution in [0.5, 0.6) is 5.75 Å². The zero-order valence-electron chi connectivity index (χ0n) is 12.4. The number of carbonyl (C=O) groups is 1. The van der Waals surface area contributed by atoms with Crippen molar-refractivity contribution in [3.05, 3.63) is 41.4 Å². The minimum Gasteiger partial charge on any atom is -0.496 e. The molecule has 112 valence electrons. The summed E-state index contributed by atoms with van der Waals surface area (Å²) in [6, 6.07) is 7.92. The van der Waals surface area contributed by atoms with Crippen molar-refractivity contribution in [1.29, 1.82) is 0 Å². The van der Waals surface area contributed by atoms with Gasteiger partial charge in [0.05, 0.1) is 13.7 Å². The Morgan fingerprint density at radius 3 is 2.90 bits per heavy atom. The minimum absolute atomic E-state index is 0.0724. The maximum absolute atomic E-state index is 12.0. The Labute approximate surface area is 128 Å². The molecule has 0 saturated heterocycles. The number of thiazole rings is 1. The lowest BCUT2D eigenvalue weighted by Gasteiger charge is -2.25. The van der Waals surface area contributed by atoms with Crippen LogP contribution in [0.2, 0.25) is 0 Å². The molecule has 0 fully saturated rings. The van der Waals surface area contributed by atoms with Crippen LogP contribution in [-0.2, 0) is 4.79 Å². The Bertz CT molecular complexity index is 586. The van der Waals surface area contributed by atoms with Gasteiger partial charge in [0.25, 0.3) is 0 Å². The first-order chi connectivity index (χ1) is 10.1. The van der Waals surface area contributed by atoms with E-state index >= 15 is 0 Å². The fraction of sp³-hybridized carbons (Fsp3) is 0.333. The van der Waals surface area contributed by atoms with Gasteiger partial charge in [-0.05, 0) is 20.0 Å². The van der Waals surface area contributed by atoms with Gasteiger partial charge in [0.1, 0.15) is 5.75 Å². The Balaban J connectivity index is 1.99. The van der Waals surface area contributed by atoms with Crippen LogP contribution >= 0.6 is 11.3 Å². The van der Waals surface area contributed by atoms with E-state index in [0.29, 0.717) is 11.7 Å². The van der Waals surface area contributed by atoms with Gasteiger partial charge in [0, 0.05) is 23.2 Å². The van der Waals surface area contributed by atoms with Crippen LogP contribution in [0.3, 0.4) is 0 Å². The number of carbonyl (C=O) groups excluding carboxylic acids is 1. The summed E-state index contributed by atoms with van der Waals surface area (Å²) in [4.78, 5) is 18.0. The summed E-state index contributed by atoms with van der Waals surface area (Å²) in [6.07, 6.45) is 1.67. The number of hydrogen-bond acceptors (Lipinski definition) is 5. The Kier molecular flexibility index (Phi) is 5.30. The SMILES string of the molecule is COc1ccccc1C(C)N(C)CC(=O)Nc1nccs1. The maximum atomic E-state index is 12.0. The van der Waals surface area contributed by atoms with Gasteiger partial charge in [-0.3, -0.25) is 9.69 Å². The number of amides is 1. The van der Waals surface area contributed by atoms with Crippen LogP contribution in [0, 0.1) is 0 Å². The summed E-state index contributed by atoms with van der Waals surface area (Å²) in [7, 11) is 3.57. The predicted octanol–water partition coefficient (Wildman–Crippen LogP) is 2.78. The largest absolute Gasteiger partial charge is 0.496 e. The standard InChI is InChI=1S/C15H19N3O2S/c1-11(12-6-4-5-7-13(12)20-3)18(2)10-14(19)17-15-16-8-9-21-15/h4-9,11H,10H2,1-3H3,(H,16,17,19). The highest BCUT2D eigenvalue weighted by atomic mass is 32.1. The molecule has 1 atom stereocenters. The Morgan fingerprint density at radius 1 is 1.48 bits per heavy atom. The first-order valence-electron chi connectivity index (χ1n) is 6.64. The molecule has 0 bridgehead atoms. The molecule has 0 aliphatic heterocycles. The van der Waals surface area contributed by atoms with Crippen molar-refractivity contribution in [2.75, 3.05) is 26.0 Å². The van der Waals surface area contributed by atoms with E-state index < -0.39 is 0 Å². The number of rotatable bonds is 6. The highest BCUT2D eigenvalue weighted by Crippen LogP contribution is 2.27. The van der Waals surface area contributed by atoms with E-state index in [9.17, 15) is 4.79 Å². The van der Waals surface area contributed by atoms with Gasteiger partial charge < -0.3 is 10.1 Å². The van der Waals surface area contributed by atoms with Crippen LogP contribution < -0.4 is 10.1 Å². The fourth-order valence-electron chi connectivity index (χ4n) is 2.06. The number of para-hydroxylation sites is 1. The normalized spacial score (nSPS) is 12.2. The van der Waals surface area contributed by atoms with E-state index in [0.717, 1.165) is 11.3 Å². The monoisotopic (exact) mass is 305 g/mol. The third kappa shape index (κ3) is 4.03. The number of anilines is 1. The van der Waals surface area contributed by atoms with Crippen LogP contribution in [0.25, 0.3) is 0 Å². The zero-order valence-corrected chi connectivity index (χ0v) is 13.2. The summed E-state index contributed by atoms with van der Waals surface area (Å²) >= 11 is 1.41. The first kappa shape index (κ1) is 15.5. The summed E-state index contributed by atoms with van der Waals surface area (Å²) < 4.78 is 5.37. The van der Waals surface area contributed by atoms with E-state index in [4.69, 9.17) is 4.74 Å². The number of nitrogens with zero attached hydrogens (tertiary/aromatic N) is 2. The molecule has 0 aliphatic carbocycles. The van der Waals surface area contributed by atoms with Crippen molar-refractivity contribution in [2.45, 2.75) is 13.0 Å². The van der Waals surface area contributed by atoms with Gasteiger partial charge >= 0.3 is 0 Å². The average Bonchev–Trinajstić information content (AvgIpc) is 2.99. The second kappa shape index (κ2) is 7.19. The molecule has 1 N–H and O–H groups in total. The van der Waals surface area contributed by atoms with Gasteiger partial charge in [-0.1, -0.05) is 18.2 Å². The number of aromatic nitrogens is 1. The van der Waals surface area contributed by atoms with Crippen LogP contribution in [0.1, 0.15) is 18.5 Å². The quantitative estimate of drug-likeness (QED) is 0.891. The minimum atomic E-state index is -0.0748. The number of hydrogen-bond donors (Lipinski definition) is 1. The topological polar surface area (TPSA) is 54.5 Å². The summed E-state index contributed by atoms with van der Waals surface area (Å²) in [5.74, 6) is 0.756. The molecule has 21 heavy (non-hydrogen) atoms. The molecule has 1 unspecified atom stereocenters. The van der Waals surface area contributed by atoms with Gasteiger partial charge in [-0.15, -0.1) is 11.3 Å². The lowest BCUT2D eigenvalue weighted by atomic mass is 10.1.